The highest BCUT2D eigenvalue weighted by atomic mass is 16.2. The Morgan fingerprint density at radius 2 is 1.29 bits per heavy atom. The third kappa shape index (κ3) is 6.65. The second kappa shape index (κ2) is 13.1. The predicted octanol–water partition coefficient (Wildman–Crippen LogP) is 6.33. The van der Waals surface area contributed by atoms with Crippen molar-refractivity contribution in [2.75, 3.05) is 5.32 Å². The Labute approximate surface area is 260 Å². The van der Waals surface area contributed by atoms with E-state index in [9.17, 15) is 14.4 Å². The van der Waals surface area contributed by atoms with Crippen LogP contribution in [0.15, 0.2) is 145 Å². The maximum atomic E-state index is 14.3. The summed E-state index contributed by atoms with van der Waals surface area (Å²) >= 11 is 0. The highest BCUT2D eigenvalue weighted by Gasteiger charge is 2.33. The van der Waals surface area contributed by atoms with E-state index in [0.717, 1.165) is 33.6 Å². The first-order chi connectivity index (χ1) is 22.0. The van der Waals surface area contributed by atoms with Gasteiger partial charge in [0, 0.05) is 48.4 Å². The summed E-state index contributed by atoms with van der Waals surface area (Å²) in [6.45, 7) is 0. The number of pyridine rings is 1. The van der Waals surface area contributed by atoms with Gasteiger partial charge in [0.2, 0.25) is 5.56 Å². The van der Waals surface area contributed by atoms with Crippen LogP contribution in [-0.4, -0.2) is 32.5 Å². The van der Waals surface area contributed by atoms with Gasteiger partial charge >= 0.3 is 0 Å². The Hall–Kier alpha value is -6.02. The van der Waals surface area contributed by atoms with Gasteiger partial charge in [0.05, 0.1) is 0 Å². The Kier molecular flexibility index (Phi) is 8.46. The Balaban J connectivity index is 1.28. The van der Waals surface area contributed by atoms with E-state index in [1.165, 1.54) is 10.7 Å². The molecule has 1 amide bonds. The van der Waals surface area contributed by atoms with E-state index in [1.54, 1.807) is 43.7 Å². The second-order valence-electron chi connectivity index (χ2n) is 10.7. The van der Waals surface area contributed by atoms with E-state index in [0.29, 0.717) is 11.3 Å². The number of H-pyrrole nitrogens is 1. The zero-order chi connectivity index (χ0) is 31.2. The molecule has 0 aliphatic rings. The van der Waals surface area contributed by atoms with Crippen LogP contribution in [0.25, 0.3) is 11.1 Å². The largest absolute Gasteiger partial charge is 0.356 e. The minimum Gasteiger partial charge on any atom is -0.356 e. The molecule has 3 N–H and O–H groups in total. The zero-order valence-corrected chi connectivity index (χ0v) is 24.6. The van der Waals surface area contributed by atoms with Crippen molar-refractivity contribution < 1.29 is 9.59 Å². The fraction of sp³-hybridized carbons (Fsp3) is 0.0811. The number of aryl methyl sites for hydroxylation is 1. The third-order valence-electron chi connectivity index (χ3n) is 7.73. The van der Waals surface area contributed by atoms with E-state index < -0.39 is 12.0 Å². The first-order valence-corrected chi connectivity index (χ1v) is 14.6. The van der Waals surface area contributed by atoms with Crippen LogP contribution in [0.1, 0.15) is 37.9 Å². The lowest BCUT2D eigenvalue weighted by Crippen LogP contribution is -2.46. The molecule has 0 aliphatic heterocycles. The van der Waals surface area contributed by atoms with Gasteiger partial charge in [-0.2, -0.15) is 5.10 Å². The first-order valence-electron chi connectivity index (χ1n) is 14.6. The van der Waals surface area contributed by atoms with Gasteiger partial charge in [0.25, 0.3) is 5.91 Å². The monoisotopic (exact) mass is 593 g/mol. The van der Waals surface area contributed by atoms with Crippen LogP contribution in [0.2, 0.25) is 0 Å². The number of ketones is 1. The molecule has 222 valence electrons. The molecule has 0 radical (unpaired) electrons. The minimum absolute atomic E-state index is 0.142. The lowest BCUT2D eigenvalue weighted by Gasteiger charge is -2.28. The number of benzene rings is 4. The van der Waals surface area contributed by atoms with Crippen molar-refractivity contribution in [1.29, 1.82) is 0 Å². The van der Waals surface area contributed by atoms with Crippen LogP contribution in [0.5, 0.6) is 0 Å². The average molecular weight is 594 g/mol. The van der Waals surface area contributed by atoms with E-state index in [4.69, 9.17) is 0 Å². The van der Waals surface area contributed by atoms with Crippen molar-refractivity contribution in [1.82, 2.24) is 20.1 Å². The van der Waals surface area contributed by atoms with Gasteiger partial charge in [0.1, 0.15) is 11.7 Å². The number of rotatable bonds is 10. The fourth-order valence-corrected chi connectivity index (χ4v) is 5.41. The van der Waals surface area contributed by atoms with Gasteiger partial charge in [-0.15, -0.1) is 0 Å². The van der Waals surface area contributed by atoms with E-state index in [-0.39, 0.29) is 17.2 Å². The molecule has 6 rings (SSSR count). The van der Waals surface area contributed by atoms with Gasteiger partial charge in [-0.3, -0.25) is 19.1 Å². The molecular weight excluding hydrogens is 562 g/mol. The summed E-state index contributed by atoms with van der Waals surface area (Å²) in [4.78, 5) is 41.9. The van der Waals surface area contributed by atoms with Crippen LogP contribution >= 0.6 is 0 Å². The number of carbonyl (C=O) groups excluding carboxylic acids is 2. The fourth-order valence-electron chi connectivity index (χ4n) is 5.41. The van der Waals surface area contributed by atoms with E-state index >= 15 is 0 Å². The summed E-state index contributed by atoms with van der Waals surface area (Å²) in [6.07, 6.45) is 3.24. The molecule has 6 aromatic rings. The van der Waals surface area contributed by atoms with Crippen LogP contribution in [0.4, 0.5) is 11.4 Å². The van der Waals surface area contributed by atoms with E-state index in [1.807, 2.05) is 97.1 Å². The molecule has 0 aliphatic carbocycles. The van der Waals surface area contributed by atoms with Crippen molar-refractivity contribution in [2.24, 2.45) is 7.05 Å². The van der Waals surface area contributed by atoms with Crippen molar-refractivity contribution in [3.63, 3.8) is 0 Å². The van der Waals surface area contributed by atoms with Crippen LogP contribution < -0.4 is 16.2 Å². The number of nitrogens with one attached hydrogen (secondary N) is 3. The summed E-state index contributed by atoms with van der Waals surface area (Å²) in [5.41, 5.74) is 6.09. The molecule has 0 saturated heterocycles. The summed E-state index contributed by atoms with van der Waals surface area (Å²) in [5, 5.41) is 10.5. The van der Waals surface area contributed by atoms with Gasteiger partial charge < -0.3 is 15.6 Å². The number of carbonyl (C=O) groups is 2. The number of aromatic amines is 1. The molecule has 0 bridgehead atoms. The number of anilines is 2. The first kappa shape index (κ1) is 29.1. The molecule has 8 heteroatoms. The van der Waals surface area contributed by atoms with Crippen LogP contribution in [0, 0.1) is 0 Å². The lowest BCUT2D eigenvalue weighted by molar-refractivity contribution is 0.0843. The predicted molar refractivity (Wildman–Crippen MR) is 176 cm³/mol. The molecule has 0 spiro atoms. The maximum Gasteiger partial charge on any atom is 0.270 e. The third-order valence-corrected chi connectivity index (χ3v) is 7.73. The van der Waals surface area contributed by atoms with Gasteiger partial charge in [-0.25, -0.2) is 0 Å². The quantitative estimate of drug-likeness (QED) is 0.161. The molecule has 0 saturated carbocycles. The Morgan fingerprint density at radius 3 is 1.82 bits per heavy atom. The SMILES string of the molecule is Cn1nccc1C(=O)N[C@H](C(=O)c1ccc(Nc2ccc(-c3ccc(=O)[nH]c3)cc2)cc1)C(c1ccccc1)c1ccccc1. The smallest absolute Gasteiger partial charge is 0.270 e. The average Bonchev–Trinajstić information content (AvgIpc) is 3.52. The molecule has 1 atom stereocenters. The topological polar surface area (TPSA) is 109 Å². The summed E-state index contributed by atoms with van der Waals surface area (Å²) in [5.74, 6) is -1.02. The highest BCUT2D eigenvalue weighted by molar-refractivity contribution is 6.05. The molecular formula is C37H31N5O3. The lowest BCUT2D eigenvalue weighted by atomic mass is 9.81. The molecule has 2 heterocycles. The molecule has 45 heavy (non-hydrogen) atoms. The summed E-state index contributed by atoms with van der Waals surface area (Å²) in [7, 11) is 1.70. The molecule has 0 unspecified atom stereocenters. The molecule has 4 aromatic carbocycles. The molecule has 8 nitrogen and oxygen atoms in total. The number of Topliss-reactive ketones (excluding diaryl/α,β-unsaturated/α-hetero) is 1. The van der Waals surface area contributed by atoms with E-state index in [2.05, 4.69) is 20.7 Å². The Bertz CT molecular complexity index is 1910. The minimum atomic E-state index is -0.892. The van der Waals surface area contributed by atoms with Crippen LogP contribution in [-0.2, 0) is 7.05 Å². The number of hydrogen-bond donors (Lipinski definition) is 3. The van der Waals surface area contributed by atoms with Gasteiger partial charge in [-0.1, -0.05) is 72.8 Å². The van der Waals surface area contributed by atoms with Crippen molar-refractivity contribution in [2.45, 2.75) is 12.0 Å². The van der Waals surface area contributed by atoms with Crippen molar-refractivity contribution in [3.05, 3.63) is 173 Å². The molecule has 0 fully saturated rings. The van der Waals surface area contributed by atoms with Gasteiger partial charge in [-0.05, 0) is 70.8 Å². The van der Waals surface area contributed by atoms with Crippen molar-refractivity contribution in [3.8, 4) is 11.1 Å². The standard InChI is InChI=1S/C37H31N5O3/c1-42-32(22-23-39-42)37(45)41-35(34(26-8-4-2-5-9-26)27-10-6-3-7-11-27)36(44)28-14-19-31(20-15-28)40-30-17-12-25(13-18-30)29-16-21-33(43)38-24-29/h2-24,34-35,40H,1H3,(H,38,43)(H,41,45)/t35-/m0/s1. The van der Waals surface area contributed by atoms with Crippen molar-refractivity contribution >= 4 is 23.1 Å². The molecule has 2 aromatic heterocycles. The number of aromatic nitrogens is 3. The highest BCUT2D eigenvalue weighted by Crippen LogP contribution is 2.31. The number of amides is 1. The summed E-state index contributed by atoms with van der Waals surface area (Å²) in [6, 6.07) is 38.6. The summed E-state index contributed by atoms with van der Waals surface area (Å²) < 4.78 is 1.49. The zero-order valence-electron chi connectivity index (χ0n) is 24.6. The number of hydrogen-bond acceptors (Lipinski definition) is 5. The van der Waals surface area contributed by atoms with Gasteiger partial charge in [0.15, 0.2) is 5.78 Å². The maximum absolute atomic E-state index is 14.3. The Morgan fingerprint density at radius 1 is 0.711 bits per heavy atom. The number of nitrogens with zero attached hydrogens (tertiary/aromatic N) is 2. The second-order valence-corrected chi connectivity index (χ2v) is 10.7. The normalized spacial score (nSPS) is 11.6. The van der Waals surface area contributed by atoms with Crippen LogP contribution in [0.3, 0.4) is 0 Å².